The van der Waals surface area contributed by atoms with E-state index in [1.807, 2.05) is 30.5 Å². The summed E-state index contributed by atoms with van der Waals surface area (Å²) in [4.78, 5) is 28.7. The first kappa shape index (κ1) is 16.9. The fourth-order valence-corrected chi connectivity index (χ4v) is 2.87. The van der Waals surface area contributed by atoms with Crippen LogP contribution in [0.25, 0.3) is 11.3 Å². The van der Waals surface area contributed by atoms with E-state index in [0.717, 1.165) is 16.3 Å². The average molecular weight is 355 g/mol. The molecule has 6 nitrogen and oxygen atoms in total. The van der Waals surface area contributed by atoms with Crippen molar-refractivity contribution >= 4 is 28.8 Å². The summed E-state index contributed by atoms with van der Waals surface area (Å²) in [6.45, 7) is 3.56. The van der Waals surface area contributed by atoms with Crippen LogP contribution in [0, 0.1) is 6.92 Å². The molecule has 2 aromatic heterocycles. The van der Waals surface area contributed by atoms with Gasteiger partial charge in [0.1, 0.15) is 6.04 Å². The van der Waals surface area contributed by atoms with E-state index in [4.69, 9.17) is 4.42 Å². The van der Waals surface area contributed by atoms with Crippen LogP contribution in [0.2, 0.25) is 0 Å². The molecule has 0 saturated carbocycles. The number of benzene rings is 1. The summed E-state index contributed by atoms with van der Waals surface area (Å²) in [5.74, 6) is -0.577. The van der Waals surface area contributed by atoms with Gasteiger partial charge < -0.3 is 15.1 Å². The number of aromatic nitrogens is 1. The number of thiazole rings is 1. The van der Waals surface area contributed by atoms with Crippen LogP contribution >= 0.6 is 11.3 Å². The number of nitrogens with one attached hydrogen (secondary N) is 2. The monoisotopic (exact) mass is 355 g/mol. The zero-order chi connectivity index (χ0) is 17.8. The van der Waals surface area contributed by atoms with E-state index in [1.54, 1.807) is 36.5 Å². The maximum atomic E-state index is 12.3. The second-order valence-electron chi connectivity index (χ2n) is 5.49. The second kappa shape index (κ2) is 7.31. The lowest BCUT2D eigenvalue weighted by Crippen LogP contribution is -2.41. The van der Waals surface area contributed by atoms with E-state index in [2.05, 4.69) is 15.6 Å². The molecule has 0 saturated heterocycles. The van der Waals surface area contributed by atoms with Crippen LogP contribution in [0.5, 0.6) is 0 Å². The highest BCUT2D eigenvalue weighted by Gasteiger charge is 2.18. The second-order valence-corrected chi connectivity index (χ2v) is 6.56. The van der Waals surface area contributed by atoms with Crippen LogP contribution in [0.1, 0.15) is 22.5 Å². The Kier molecular flexibility index (Phi) is 4.95. The Hall–Kier alpha value is -2.93. The molecule has 7 heteroatoms. The van der Waals surface area contributed by atoms with E-state index < -0.39 is 11.9 Å². The molecule has 0 unspecified atom stereocenters. The molecule has 3 rings (SSSR count). The van der Waals surface area contributed by atoms with Gasteiger partial charge >= 0.3 is 0 Å². The van der Waals surface area contributed by atoms with Gasteiger partial charge in [0.05, 0.1) is 17.0 Å². The number of nitrogens with zero attached hydrogens (tertiary/aromatic N) is 1. The maximum Gasteiger partial charge on any atom is 0.287 e. The highest BCUT2D eigenvalue weighted by molar-refractivity contribution is 7.09. The molecule has 0 radical (unpaired) electrons. The molecule has 25 heavy (non-hydrogen) atoms. The standard InChI is InChI=1S/C18H17N3O3S/c1-11(19-18(23)16-7-4-8-24-16)17(22)21-14-6-3-5-13(9-14)15-10-25-12(2)20-15/h3-11H,1-2H3,(H,19,23)(H,21,22)/t11-/m1/s1. The fraction of sp³-hybridized carbons (Fsp3) is 0.167. The average Bonchev–Trinajstić information content (AvgIpc) is 3.26. The summed E-state index contributed by atoms with van der Waals surface area (Å²) in [6.07, 6.45) is 1.41. The minimum atomic E-state index is -0.706. The van der Waals surface area contributed by atoms with Crippen LogP contribution in [0.4, 0.5) is 5.69 Å². The smallest absolute Gasteiger partial charge is 0.287 e. The van der Waals surface area contributed by atoms with Crippen LogP contribution < -0.4 is 10.6 Å². The number of carbonyl (C=O) groups excluding carboxylic acids is 2. The van der Waals surface area contributed by atoms with Crippen molar-refractivity contribution in [3.8, 4) is 11.3 Å². The quantitative estimate of drug-likeness (QED) is 0.734. The third-order valence-electron chi connectivity index (χ3n) is 3.53. The number of hydrogen-bond donors (Lipinski definition) is 2. The molecule has 3 aromatic rings. The third-order valence-corrected chi connectivity index (χ3v) is 4.30. The van der Waals surface area contributed by atoms with Crippen molar-refractivity contribution in [1.29, 1.82) is 0 Å². The van der Waals surface area contributed by atoms with Crippen LogP contribution in [0.15, 0.2) is 52.5 Å². The molecular formula is C18H17N3O3S. The maximum absolute atomic E-state index is 12.3. The molecule has 0 aliphatic heterocycles. The highest BCUT2D eigenvalue weighted by Crippen LogP contribution is 2.24. The van der Waals surface area contributed by atoms with Crippen molar-refractivity contribution in [3.63, 3.8) is 0 Å². The molecule has 1 atom stereocenters. The lowest BCUT2D eigenvalue weighted by Gasteiger charge is -2.13. The van der Waals surface area contributed by atoms with Crippen molar-refractivity contribution in [3.05, 3.63) is 58.8 Å². The number of furan rings is 1. The number of hydrogen-bond acceptors (Lipinski definition) is 5. The largest absolute Gasteiger partial charge is 0.459 e. The Morgan fingerprint density at radius 3 is 2.76 bits per heavy atom. The number of rotatable bonds is 5. The van der Waals surface area contributed by atoms with Crippen LogP contribution in [-0.4, -0.2) is 22.8 Å². The Bertz CT molecular complexity index is 887. The normalized spacial score (nSPS) is 11.8. The molecule has 1 aromatic carbocycles. The third kappa shape index (κ3) is 4.13. The first-order valence-electron chi connectivity index (χ1n) is 7.71. The Balaban J connectivity index is 1.65. The Morgan fingerprint density at radius 2 is 2.08 bits per heavy atom. The van der Waals surface area contributed by atoms with Crippen LogP contribution in [-0.2, 0) is 4.79 Å². The molecule has 0 aliphatic rings. The minimum Gasteiger partial charge on any atom is -0.459 e. The summed E-state index contributed by atoms with van der Waals surface area (Å²) >= 11 is 1.57. The molecular weight excluding hydrogens is 338 g/mol. The lowest BCUT2D eigenvalue weighted by molar-refractivity contribution is -0.117. The van der Waals surface area contributed by atoms with E-state index in [9.17, 15) is 9.59 Å². The van der Waals surface area contributed by atoms with E-state index in [0.29, 0.717) is 5.69 Å². The molecule has 2 N–H and O–H groups in total. The Labute approximate surface area is 148 Å². The summed E-state index contributed by atoms with van der Waals surface area (Å²) < 4.78 is 5.01. The number of carbonyl (C=O) groups is 2. The van der Waals surface area contributed by atoms with E-state index >= 15 is 0 Å². The molecule has 0 bridgehead atoms. The summed E-state index contributed by atoms with van der Waals surface area (Å²) in [5, 5.41) is 8.36. The molecule has 2 amide bonds. The molecule has 128 valence electrons. The van der Waals surface area contributed by atoms with Gasteiger partial charge in [0.2, 0.25) is 5.91 Å². The van der Waals surface area contributed by atoms with Gasteiger partial charge in [-0.3, -0.25) is 9.59 Å². The van der Waals surface area contributed by atoms with Gasteiger partial charge in [-0.15, -0.1) is 11.3 Å². The predicted molar refractivity (Wildman–Crippen MR) is 96.6 cm³/mol. The zero-order valence-corrected chi connectivity index (χ0v) is 14.6. The summed E-state index contributed by atoms with van der Waals surface area (Å²) in [7, 11) is 0. The first-order valence-corrected chi connectivity index (χ1v) is 8.58. The van der Waals surface area contributed by atoms with Crippen molar-refractivity contribution in [2.75, 3.05) is 5.32 Å². The van der Waals surface area contributed by atoms with Crippen LogP contribution in [0.3, 0.4) is 0 Å². The SMILES string of the molecule is Cc1nc(-c2cccc(NC(=O)[C@@H](C)NC(=O)c3ccco3)c2)cs1. The first-order chi connectivity index (χ1) is 12.0. The van der Waals surface area contributed by atoms with Crippen molar-refractivity contribution in [1.82, 2.24) is 10.3 Å². The topological polar surface area (TPSA) is 84.2 Å². The lowest BCUT2D eigenvalue weighted by atomic mass is 10.1. The van der Waals surface area contributed by atoms with Gasteiger partial charge in [0.15, 0.2) is 5.76 Å². The zero-order valence-electron chi connectivity index (χ0n) is 13.8. The van der Waals surface area contributed by atoms with Gasteiger partial charge in [0, 0.05) is 16.6 Å². The fourth-order valence-electron chi connectivity index (χ4n) is 2.24. The van der Waals surface area contributed by atoms with Crippen molar-refractivity contribution < 1.29 is 14.0 Å². The van der Waals surface area contributed by atoms with E-state index in [1.165, 1.54) is 6.26 Å². The van der Waals surface area contributed by atoms with Gasteiger partial charge in [-0.1, -0.05) is 12.1 Å². The summed E-state index contributed by atoms with van der Waals surface area (Å²) in [5.41, 5.74) is 2.44. The minimum absolute atomic E-state index is 0.167. The number of aryl methyl sites for hydroxylation is 1. The van der Waals surface area contributed by atoms with E-state index in [-0.39, 0.29) is 11.7 Å². The van der Waals surface area contributed by atoms with Gasteiger partial charge in [-0.25, -0.2) is 4.98 Å². The van der Waals surface area contributed by atoms with Crippen molar-refractivity contribution in [2.24, 2.45) is 0 Å². The van der Waals surface area contributed by atoms with Crippen molar-refractivity contribution in [2.45, 2.75) is 19.9 Å². The molecule has 0 fully saturated rings. The molecule has 2 heterocycles. The Morgan fingerprint density at radius 1 is 1.24 bits per heavy atom. The van der Waals surface area contributed by atoms with Gasteiger partial charge in [0.25, 0.3) is 5.91 Å². The predicted octanol–water partition coefficient (Wildman–Crippen LogP) is 3.47. The van der Waals surface area contributed by atoms with Gasteiger partial charge in [-0.05, 0) is 38.1 Å². The van der Waals surface area contributed by atoms with Gasteiger partial charge in [-0.2, -0.15) is 0 Å². The molecule has 0 spiro atoms. The summed E-state index contributed by atoms with van der Waals surface area (Å²) in [6, 6.07) is 9.89. The number of anilines is 1. The number of amides is 2. The highest BCUT2D eigenvalue weighted by atomic mass is 32.1. The molecule has 0 aliphatic carbocycles.